The molecule has 21 heavy (non-hydrogen) atoms. The monoisotopic (exact) mass is 332 g/mol. The molecule has 1 rings (SSSR count). The highest BCUT2D eigenvalue weighted by Crippen LogP contribution is 2.22. The molecule has 0 saturated heterocycles. The smallest absolute Gasteiger partial charge is 0.338 e. The molecule has 0 heterocycles. The molecule has 118 valence electrons. The summed E-state index contributed by atoms with van der Waals surface area (Å²) in [4.78, 5) is 11.9. The van der Waals surface area contributed by atoms with Crippen molar-refractivity contribution in [3.63, 3.8) is 0 Å². The Bertz CT molecular complexity index is 594. The van der Waals surface area contributed by atoms with Crippen LogP contribution in [0.2, 0.25) is 0 Å². The standard InChI is InChI=1S/C15H21ClO4S/c1-4-12-7-8-13(10-14(12)21(16,18)19)15(17)20-9-5-6-11(2)3/h7-8,10-11H,4-6,9H2,1-3H3. The van der Waals surface area contributed by atoms with E-state index in [1.807, 2.05) is 6.92 Å². The minimum atomic E-state index is -3.87. The molecule has 0 aliphatic rings. The van der Waals surface area contributed by atoms with Crippen LogP contribution in [0.4, 0.5) is 0 Å². The summed E-state index contributed by atoms with van der Waals surface area (Å²) in [6.07, 6.45) is 2.28. The maximum absolute atomic E-state index is 11.9. The number of hydrogen-bond donors (Lipinski definition) is 0. The van der Waals surface area contributed by atoms with E-state index < -0.39 is 15.0 Å². The maximum Gasteiger partial charge on any atom is 0.338 e. The first kappa shape index (κ1) is 18.0. The number of halogens is 1. The van der Waals surface area contributed by atoms with Crippen LogP contribution < -0.4 is 0 Å². The Morgan fingerprint density at radius 3 is 2.52 bits per heavy atom. The molecule has 0 unspecified atom stereocenters. The number of hydrogen-bond acceptors (Lipinski definition) is 4. The normalized spacial score (nSPS) is 11.7. The second-order valence-corrected chi connectivity index (χ2v) is 7.82. The second kappa shape index (κ2) is 7.80. The molecule has 0 atom stereocenters. The van der Waals surface area contributed by atoms with Gasteiger partial charge in [0, 0.05) is 10.7 Å². The van der Waals surface area contributed by atoms with Gasteiger partial charge in [0.05, 0.1) is 17.1 Å². The van der Waals surface area contributed by atoms with E-state index in [1.165, 1.54) is 6.07 Å². The predicted molar refractivity (Wildman–Crippen MR) is 83.2 cm³/mol. The lowest BCUT2D eigenvalue weighted by atomic mass is 10.1. The number of aryl methyl sites for hydroxylation is 1. The first-order valence-electron chi connectivity index (χ1n) is 7.00. The fourth-order valence-corrected chi connectivity index (χ4v) is 3.16. The van der Waals surface area contributed by atoms with Gasteiger partial charge in [-0.05, 0) is 42.9 Å². The van der Waals surface area contributed by atoms with Gasteiger partial charge in [-0.3, -0.25) is 0 Å². The number of rotatable bonds is 7. The van der Waals surface area contributed by atoms with Gasteiger partial charge in [0.25, 0.3) is 9.05 Å². The molecule has 0 aliphatic carbocycles. The van der Waals surface area contributed by atoms with Crippen LogP contribution in [0.15, 0.2) is 23.1 Å². The number of ether oxygens (including phenoxy) is 1. The molecule has 0 spiro atoms. The molecule has 0 amide bonds. The van der Waals surface area contributed by atoms with E-state index in [0.717, 1.165) is 12.8 Å². The summed E-state index contributed by atoms with van der Waals surface area (Å²) in [6.45, 7) is 6.35. The van der Waals surface area contributed by atoms with Crippen molar-refractivity contribution < 1.29 is 17.9 Å². The minimum absolute atomic E-state index is 0.0247. The summed E-state index contributed by atoms with van der Waals surface area (Å²) in [6, 6.07) is 4.45. The fraction of sp³-hybridized carbons (Fsp3) is 0.533. The Kier molecular flexibility index (Phi) is 6.68. The third-order valence-electron chi connectivity index (χ3n) is 3.11. The molecule has 0 bridgehead atoms. The summed E-state index contributed by atoms with van der Waals surface area (Å²) in [5.41, 5.74) is 0.789. The van der Waals surface area contributed by atoms with Gasteiger partial charge in [0.15, 0.2) is 0 Å². The Hall–Kier alpha value is -1.07. The molecule has 1 aromatic rings. The van der Waals surface area contributed by atoms with Gasteiger partial charge in [-0.2, -0.15) is 0 Å². The molecular formula is C15H21ClO4S. The van der Waals surface area contributed by atoms with E-state index in [2.05, 4.69) is 13.8 Å². The van der Waals surface area contributed by atoms with Gasteiger partial charge in [0.1, 0.15) is 0 Å². The van der Waals surface area contributed by atoms with Crippen LogP contribution in [0.5, 0.6) is 0 Å². The molecule has 0 aromatic heterocycles. The SMILES string of the molecule is CCc1ccc(C(=O)OCCCC(C)C)cc1S(=O)(=O)Cl. The highest BCUT2D eigenvalue weighted by molar-refractivity contribution is 8.13. The third-order valence-corrected chi connectivity index (χ3v) is 4.51. The van der Waals surface area contributed by atoms with Crippen LogP contribution >= 0.6 is 10.7 Å². The lowest BCUT2D eigenvalue weighted by Crippen LogP contribution is -2.09. The van der Waals surface area contributed by atoms with E-state index in [0.29, 0.717) is 24.5 Å². The zero-order valence-corrected chi connectivity index (χ0v) is 14.1. The van der Waals surface area contributed by atoms with Gasteiger partial charge in [-0.15, -0.1) is 0 Å². The van der Waals surface area contributed by atoms with Crippen molar-refractivity contribution in [3.8, 4) is 0 Å². The van der Waals surface area contributed by atoms with E-state index in [4.69, 9.17) is 15.4 Å². The van der Waals surface area contributed by atoms with E-state index in [1.54, 1.807) is 12.1 Å². The lowest BCUT2D eigenvalue weighted by Gasteiger charge is -2.09. The van der Waals surface area contributed by atoms with Crippen molar-refractivity contribution in [1.29, 1.82) is 0 Å². The Labute approximate surface area is 130 Å². The summed E-state index contributed by atoms with van der Waals surface area (Å²) in [5, 5.41) is 0. The van der Waals surface area contributed by atoms with E-state index in [9.17, 15) is 13.2 Å². The summed E-state index contributed by atoms with van der Waals surface area (Å²) in [7, 11) is 1.53. The van der Waals surface area contributed by atoms with Gasteiger partial charge in [-0.25, -0.2) is 13.2 Å². The van der Waals surface area contributed by atoms with Crippen LogP contribution in [0.1, 0.15) is 49.5 Å². The molecule has 0 fully saturated rings. The van der Waals surface area contributed by atoms with Crippen molar-refractivity contribution in [2.24, 2.45) is 5.92 Å². The molecule has 0 radical (unpaired) electrons. The lowest BCUT2D eigenvalue weighted by molar-refractivity contribution is 0.0494. The quantitative estimate of drug-likeness (QED) is 0.433. The van der Waals surface area contributed by atoms with Crippen LogP contribution in [0.3, 0.4) is 0 Å². The van der Waals surface area contributed by atoms with Crippen LogP contribution in [0, 0.1) is 5.92 Å². The molecule has 1 aromatic carbocycles. The average molecular weight is 333 g/mol. The molecule has 6 heteroatoms. The van der Waals surface area contributed by atoms with Gasteiger partial charge in [-0.1, -0.05) is 26.8 Å². The number of carbonyl (C=O) groups excluding carboxylic acids is 1. The van der Waals surface area contributed by atoms with Gasteiger partial charge < -0.3 is 4.74 Å². The van der Waals surface area contributed by atoms with Gasteiger partial charge >= 0.3 is 5.97 Å². The molecule has 0 aliphatic heterocycles. The zero-order valence-electron chi connectivity index (χ0n) is 12.6. The van der Waals surface area contributed by atoms with Crippen LogP contribution in [-0.2, 0) is 20.2 Å². The molecule has 0 saturated carbocycles. The maximum atomic E-state index is 11.9. The number of benzene rings is 1. The van der Waals surface area contributed by atoms with Crippen LogP contribution in [0.25, 0.3) is 0 Å². The van der Waals surface area contributed by atoms with E-state index >= 15 is 0 Å². The second-order valence-electron chi connectivity index (χ2n) is 5.29. The highest BCUT2D eigenvalue weighted by atomic mass is 35.7. The minimum Gasteiger partial charge on any atom is -0.462 e. The number of carbonyl (C=O) groups is 1. The summed E-state index contributed by atoms with van der Waals surface area (Å²) < 4.78 is 28.2. The topological polar surface area (TPSA) is 60.4 Å². The molecule has 0 N–H and O–H groups in total. The van der Waals surface area contributed by atoms with Crippen molar-refractivity contribution in [1.82, 2.24) is 0 Å². The first-order chi connectivity index (χ1) is 9.75. The average Bonchev–Trinajstić information content (AvgIpc) is 2.41. The fourth-order valence-electron chi connectivity index (χ4n) is 1.94. The van der Waals surface area contributed by atoms with Gasteiger partial charge in [0.2, 0.25) is 0 Å². The highest BCUT2D eigenvalue weighted by Gasteiger charge is 2.18. The van der Waals surface area contributed by atoms with Crippen molar-refractivity contribution >= 4 is 25.7 Å². The first-order valence-corrected chi connectivity index (χ1v) is 9.31. The summed E-state index contributed by atoms with van der Waals surface area (Å²) >= 11 is 0. The third kappa shape index (κ3) is 5.67. The molecular weight excluding hydrogens is 312 g/mol. The largest absolute Gasteiger partial charge is 0.462 e. The Balaban J connectivity index is 2.82. The van der Waals surface area contributed by atoms with E-state index in [-0.39, 0.29) is 10.5 Å². The van der Waals surface area contributed by atoms with Crippen molar-refractivity contribution in [2.75, 3.05) is 6.61 Å². The molecule has 4 nitrogen and oxygen atoms in total. The van der Waals surface area contributed by atoms with Crippen LogP contribution in [-0.4, -0.2) is 21.0 Å². The summed E-state index contributed by atoms with van der Waals surface area (Å²) in [5.74, 6) is 0.0310. The Morgan fingerprint density at radius 1 is 1.33 bits per heavy atom. The van der Waals surface area contributed by atoms with Crippen molar-refractivity contribution in [3.05, 3.63) is 29.3 Å². The van der Waals surface area contributed by atoms with Crippen molar-refractivity contribution in [2.45, 2.75) is 44.9 Å². The number of esters is 1. The zero-order chi connectivity index (χ0) is 16.0. The Morgan fingerprint density at radius 2 is 2.00 bits per heavy atom. The predicted octanol–water partition coefficient (Wildman–Crippen LogP) is 3.77.